The number of carbonyl (C=O) groups is 2. The molecule has 1 amide bonds. The zero-order valence-corrected chi connectivity index (χ0v) is 13.5. The maximum Gasteiger partial charge on any atom is 0.351 e. The summed E-state index contributed by atoms with van der Waals surface area (Å²) < 4.78 is 17.2. The summed E-state index contributed by atoms with van der Waals surface area (Å²) in [6.07, 6.45) is -0.244. The van der Waals surface area contributed by atoms with Gasteiger partial charge < -0.3 is 21.1 Å². The van der Waals surface area contributed by atoms with Crippen LogP contribution in [0.3, 0.4) is 0 Å². The van der Waals surface area contributed by atoms with Crippen molar-refractivity contribution in [2.24, 2.45) is 11.7 Å². The van der Waals surface area contributed by atoms with Gasteiger partial charge in [-0.1, -0.05) is 13.8 Å². The van der Waals surface area contributed by atoms with Crippen LogP contribution < -0.4 is 11.1 Å². The highest BCUT2D eigenvalue weighted by Crippen LogP contribution is 2.50. The number of carboxylic acid groups (broad SMARTS) is 1. The minimum Gasteiger partial charge on any atom is -0.479 e. The molecular formula is C12H25N2O6P. The van der Waals surface area contributed by atoms with Gasteiger partial charge in [-0.2, -0.15) is 0 Å². The lowest BCUT2D eigenvalue weighted by molar-refractivity contribution is -0.145. The van der Waals surface area contributed by atoms with Crippen LogP contribution in [0.1, 0.15) is 40.0 Å². The van der Waals surface area contributed by atoms with Crippen molar-refractivity contribution >= 4 is 19.5 Å². The topological polar surface area (TPSA) is 139 Å². The Morgan fingerprint density at radius 2 is 1.90 bits per heavy atom. The van der Waals surface area contributed by atoms with Crippen molar-refractivity contribution in [3.63, 3.8) is 0 Å². The first kappa shape index (κ1) is 20.1. The van der Waals surface area contributed by atoms with Gasteiger partial charge in [0.2, 0.25) is 5.91 Å². The van der Waals surface area contributed by atoms with Crippen molar-refractivity contribution in [2.75, 3.05) is 6.54 Å². The lowest BCUT2D eigenvalue weighted by Gasteiger charge is -2.28. The third-order valence-corrected chi connectivity index (χ3v) is 4.79. The van der Waals surface area contributed by atoms with Gasteiger partial charge in [0.15, 0.2) is 6.10 Å². The summed E-state index contributed by atoms with van der Waals surface area (Å²) >= 11 is 0. The number of carbonyl (C=O) groups excluding carboxylic acids is 1. The van der Waals surface area contributed by atoms with E-state index in [2.05, 4.69) is 5.32 Å². The molecule has 0 aromatic carbocycles. The fourth-order valence-electron chi connectivity index (χ4n) is 1.78. The molecular weight excluding hydrogens is 299 g/mol. The second-order valence-electron chi connectivity index (χ2n) is 5.17. The SMILES string of the molecule is CC(=O)N[C@H](C(C)C)P(=O)(O)OC(CCCCN)C(=O)O. The van der Waals surface area contributed by atoms with Gasteiger partial charge in [0, 0.05) is 6.92 Å². The predicted octanol–water partition coefficient (Wildman–Crippen LogP) is 0.889. The number of amides is 1. The summed E-state index contributed by atoms with van der Waals surface area (Å²) in [6.45, 7) is 4.89. The molecule has 0 aromatic rings. The fourth-order valence-corrected chi connectivity index (χ4v) is 3.57. The van der Waals surface area contributed by atoms with E-state index >= 15 is 0 Å². The van der Waals surface area contributed by atoms with E-state index in [1.165, 1.54) is 6.92 Å². The predicted molar refractivity (Wildman–Crippen MR) is 77.7 cm³/mol. The van der Waals surface area contributed by atoms with Crippen molar-refractivity contribution in [3.8, 4) is 0 Å². The Kier molecular flexibility index (Phi) is 8.73. The van der Waals surface area contributed by atoms with Gasteiger partial charge in [-0.3, -0.25) is 13.9 Å². The molecule has 0 saturated carbocycles. The highest BCUT2D eigenvalue weighted by molar-refractivity contribution is 7.53. The zero-order valence-electron chi connectivity index (χ0n) is 12.6. The van der Waals surface area contributed by atoms with Gasteiger partial charge >= 0.3 is 13.6 Å². The molecule has 0 aliphatic carbocycles. The van der Waals surface area contributed by atoms with Crippen molar-refractivity contribution in [1.82, 2.24) is 5.32 Å². The first-order chi connectivity index (χ1) is 9.61. The highest BCUT2D eigenvalue weighted by atomic mass is 31.2. The summed E-state index contributed by atoms with van der Waals surface area (Å²) in [5.74, 6) is -3.33. The Balaban J connectivity index is 4.94. The molecule has 0 spiro atoms. The first-order valence-electron chi connectivity index (χ1n) is 6.82. The van der Waals surface area contributed by atoms with Gasteiger partial charge in [-0.25, -0.2) is 4.79 Å². The number of nitrogens with one attached hydrogen (secondary N) is 1. The van der Waals surface area contributed by atoms with E-state index in [1.54, 1.807) is 13.8 Å². The molecule has 9 heteroatoms. The van der Waals surface area contributed by atoms with Crippen LogP contribution >= 0.6 is 7.60 Å². The molecule has 5 N–H and O–H groups in total. The number of hydrogen-bond donors (Lipinski definition) is 4. The summed E-state index contributed by atoms with van der Waals surface area (Å²) in [4.78, 5) is 32.2. The number of aliphatic carboxylic acids is 1. The van der Waals surface area contributed by atoms with Gasteiger partial charge in [-0.05, 0) is 31.7 Å². The van der Waals surface area contributed by atoms with Crippen LogP contribution in [0.15, 0.2) is 0 Å². The summed E-state index contributed by atoms with van der Waals surface area (Å²) in [7, 11) is -4.32. The number of unbranched alkanes of at least 4 members (excludes halogenated alkanes) is 1. The monoisotopic (exact) mass is 324 g/mol. The molecule has 3 atom stereocenters. The molecule has 0 saturated heterocycles. The average Bonchev–Trinajstić information content (AvgIpc) is 2.34. The second kappa shape index (κ2) is 9.15. The molecule has 0 fully saturated rings. The minimum atomic E-state index is -4.32. The van der Waals surface area contributed by atoms with Crippen LogP contribution in [-0.2, 0) is 18.7 Å². The Bertz CT molecular complexity index is 401. The van der Waals surface area contributed by atoms with Gasteiger partial charge in [0.05, 0.1) is 0 Å². The van der Waals surface area contributed by atoms with E-state index < -0.39 is 31.4 Å². The zero-order chi connectivity index (χ0) is 16.6. The van der Waals surface area contributed by atoms with E-state index in [4.69, 9.17) is 15.4 Å². The molecule has 0 aromatic heterocycles. The quantitative estimate of drug-likeness (QED) is 0.345. The number of nitrogens with two attached hydrogens (primary N) is 1. The van der Waals surface area contributed by atoms with Gasteiger partial charge in [0.25, 0.3) is 0 Å². The molecule has 8 nitrogen and oxygen atoms in total. The lowest BCUT2D eigenvalue weighted by atomic mass is 10.1. The smallest absolute Gasteiger partial charge is 0.351 e. The average molecular weight is 324 g/mol. The Morgan fingerprint density at radius 3 is 2.29 bits per heavy atom. The number of rotatable bonds is 10. The number of carboxylic acids is 1. The molecule has 0 bridgehead atoms. The number of hydrogen-bond acceptors (Lipinski definition) is 5. The fraction of sp³-hybridized carbons (Fsp3) is 0.833. The standard InChI is InChI=1S/C12H25N2O6P/c1-8(2)11(14-9(3)15)21(18,19)20-10(12(16)17)6-4-5-7-13/h8,10-11H,4-7,13H2,1-3H3,(H,14,15)(H,16,17)(H,18,19)/t10?,11-/m0/s1. The maximum absolute atomic E-state index is 12.3. The first-order valence-corrected chi connectivity index (χ1v) is 8.47. The molecule has 0 rings (SSSR count). The molecule has 124 valence electrons. The van der Waals surface area contributed by atoms with Crippen LogP contribution in [0.4, 0.5) is 0 Å². The molecule has 0 aliphatic heterocycles. The van der Waals surface area contributed by atoms with Crippen molar-refractivity contribution < 1.29 is 28.7 Å². The summed E-state index contributed by atoms with van der Waals surface area (Å²) in [5, 5.41) is 11.4. The van der Waals surface area contributed by atoms with Gasteiger partial charge in [0.1, 0.15) is 5.78 Å². The van der Waals surface area contributed by atoms with E-state index in [-0.39, 0.29) is 12.3 Å². The van der Waals surface area contributed by atoms with Crippen molar-refractivity contribution in [3.05, 3.63) is 0 Å². The molecule has 21 heavy (non-hydrogen) atoms. The van der Waals surface area contributed by atoms with Crippen LogP contribution in [0.2, 0.25) is 0 Å². The second-order valence-corrected chi connectivity index (χ2v) is 7.07. The minimum absolute atomic E-state index is 0.0853. The van der Waals surface area contributed by atoms with Crippen LogP contribution in [0.5, 0.6) is 0 Å². The third kappa shape index (κ3) is 7.57. The normalized spacial score (nSPS) is 17.0. The van der Waals surface area contributed by atoms with Crippen molar-refractivity contribution in [1.29, 1.82) is 0 Å². The molecule has 0 aliphatic rings. The molecule has 0 radical (unpaired) electrons. The third-order valence-electron chi connectivity index (χ3n) is 2.81. The van der Waals surface area contributed by atoms with E-state index in [0.717, 1.165) is 0 Å². The Hall–Kier alpha value is -0.950. The van der Waals surface area contributed by atoms with E-state index in [0.29, 0.717) is 19.4 Å². The summed E-state index contributed by atoms with van der Waals surface area (Å²) in [6, 6.07) is 0. The maximum atomic E-state index is 12.3. The highest BCUT2D eigenvalue weighted by Gasteiger charge is 2.39. The van der Waals surface area contributed by atoms with Gasteiger partial charge in [-0.15, -0.1) is 0 Å². The van der Waals surface area contributed by atoms with E-state index in [9.17, 15) is 19.0 Å². The van der Waals surface area contributed by atoms with E-state index in [1.807, 2.05) is 0 Å². The van der Waals surface area contributed by atoms with Crippen LogP contribution in [0.25, 0.3) is 0 Å². The lowest BCUT2D eigenvalue weighted by Crippen LogP contribution is -2.39. The summed E-state index contributed by atoms with van der Waals surface area (Å²) in [5.41, 5.74) is 5.32. The Labute approximate surface area is 124 Å². The molecule has 2 unspecified atom stereocenters. The van der Waals surface area contributed by atoms with Crippen molar-refractivity contribution in [2.45, 2.75) is 51.9 Å². The molecule has 0 heterocycles. The Morgan fingerprint density at radius 1 is 1.33 bits per heavy atom. The van der Waals surface area contributed by atoms with Crippen LogP contribution in [-0.4, -0.2) is 40.3 Å². The van der Waals surface area contributed by atoms with Crippen LogP contribution in [0, 0.1) is 5.92 Å². The largest absolute Gasteiger partial charge is 0.479 e.